The standard InChI is InChI=1S/C19H25N3OS/c23-19(18-9-6-16-24-18)20-10-4-5-11-21-12-14-22(15-13-21)17-7-2-1-3-8-17/h1-3,6-9,16H,4-5,10-15H2,(H,20,23). The van der Waals surface area contributed by atoms with Gasteiger partial charge in [-0.15, -0.1) is 11.3 Å². The van der Waals surface area contributed by atoms with Crippen molar-refractivity contribution in [2.75, 3.05) is 44.2 Å². The molecule has 0 saturated carbocycles. The summed E-state index contributed by atoms with van der Waals surface area (Å²) in [6, 6.07) is 14.4. The molecule has 0 unspecified atom stereocenters. The van der Waals surface area contributed by atoms with Crippen LogP contribution in [0.1, 0.15) is 22.5 Å². The minimum atomic E-state index is 0.0569. The zero-order valence-electron chi connectivity index (χ0n) is 14.0. The zero-order chi connectivity index (χ0) is 16.6. The predicted molar refractivity (Wildman–Crippen MR) is 101 cm³/mol. The van der Waals surface area contributed by atoms with E-state index in [4.69, 9.17) is 0 Å². The number of nitrogens with one attached hydrogen (secondary N) is 1. The Morgan fingerprint density at radius 2 is 1.79 bits per heavy atom. The van der Waals surface area contributed by atoms with Crippen LogP contribution in [0.2, 0.25) is 0 Å². The molecule has 1 aliphatic heterocycles. The Morgan fingerprint density at radius 3 is 2.50 bits per heavy atom. The first-order valence-corrected chi connectivity index (χ1v) is 9.55. The van der Waals surface area contributed by atoms with E-state index in [2.05, 4.69) is 45.4 Å². The van der Waals surface area contributed by atoms with Crippen LogP contribution in [-0.2, 0) is 0 Å². The fraction of sp³-hybridized carbons (Fsp3) is 0.421. The molecule has 24 heavy (non-hydrogen) atoms. The van der Waals surface area contributed by atoms with Gasteiger partial charge in [-0.25, -0.2) is 0 Å². The number of nitrogens with zero attached hydrogens (tertiary/aromatic N) is 2. The Kier molecular flexibility index (Phi) is 6.26. The number of piperazine rings is 1. The van der Waals surface area contributed by atoms with Crippen LogP contribution in [0.5, 0.6) is 0 Å². The molecule has 0 atom stereocenters. The number of rotatable bonds is 7. The quantitative estimate of drug-likeness (QED) is 0.785. The van der Waals surface area contributed by atoms with E-state index in [-0.39, 0.29) is 5.91 Å². The van der Waals surface area contributed by atoms with Crippen molar-refractivity contribution >= 4 is 22.9 Å². The van der Waals surface area contributed by atoms with Gasteiger partial charge in [0, 0.05) is 38.4 Å². The van der Waals surface area contributed by atoms with Crippen molar-refractivity contribution in [3.8, 4) is 0 Å². The van der Waals surface area contributed by atoms with Gasteiger partial charge in [0.2, 0.25) is 0 Å². The molecule has 128 valence electrons. The van der Waals surface area contributed by atoms with Gasteiger partial charge in [0.25, 0.3) is 5.91 Å². The summed E-state index contributed by atoms with van der Waals surface area (Å²) < 4.78 is 0. The van der Waals surface area contributed by atoms with Crippen molar-refractivity contribution in [2.24, 2.45) is 0 Å². The summed E-state index contributed by atoms with van der Waals surface area (Å²) in [7, 11) is 0. The number of thiophene rings is 1. The Bertz CT molecular complexity index is 607. The van der Waals surface area contributed by atoms with Gasteiger partial charge in [-0.3, -0.25) is 9.69 Å². The summed E-state index contributed by atoms with van der Waals surface area (Å²) >= 11 is 1.49. The third-order valence-corrected chi connectivity index (χ3v) is 5.29. The van der Waals surface area contributed by atoms with Crippen LogP contribution in [-0.4, -0.2) is 50.1 Å². The molecule has 1 amide bonds. The maximum Gasteiger partial charge on any atom is 0.261 e. The smallest absolute Gasteiger partial charge is 0.261 e. The average Bonchev–Trinajstić information content (AvgIpc) is 3.17. The molecule has 2 heterocycles. The van der Waals surface area contributed by atoms with Crippen molar-refractivity contribution in [3.05, 3.63) is 52.7 Å². The van der Waals surface area contributed by atoms with E-state index in [0.717, 1.165) is 57.0 Å². The maximum atomic E-state index is 11.8. The molecule has 1 aromatic carbocycles. The number of carbonyl (C=O) groups is 1. The number of hydrogen-bond acceptors (Lipinski definition) is 4. The Hall–Kier alpha value is -1.85. The molecule has 0 spiro atoms. The van der Waals surface area contributed by atoms with Gasteiger partial charge in [0.05, 0.1) is 4.88 Å². The largest absolute Gasteiger partial charge is 0.369 e. The lowest BCUT2D eigenvalue weighted by Gasteiger charge is -2.36. The van der Waals surface area contributed by atoms with Gasteiger partial charge < -0.3 is 10.2 Å². The highest BCUT2D eigenvalue weighted by molar-refractivity contribution is 7.12. The van der Waals surface area contributed by atoms with Gasteiger partial charge in [-0.05, 0) is 43.0 Å². The van der Waals surface area contributed by atoms with Crippen LogP contribution >= 0.6 is 11.3 Å². The molecule has 3 rings (SSSR count). The van der Waals surface area contributed by atoms with E-state index in [1.165, 1.54) is 17.0 Å². The van der Waals surface area contributed by atoms with Crippen LogP contribution in [0.15, 0.2) is 47.8 Å². The molecule has 4 nitrogen and oxygen atoms in total. The topological polar surface area (TPSA) is 35.6 Å². The number of unbranched alkanes of at least 4 members (excludes halogenated alkanes) is 1. The average molecular weight is 343 g/mol. The second-order valence-electron chi connectivity index (χ2n) is 6.10. The molecular weight excluding hydrogens is 318 g/mol. The molecule has 2 aromatic rings. The fourth-order valence-corrected chi connectivity index (χ4v) is 3.67. The molecular formula is C19H25N3OS. The van der Waals surface area contributed by atoms with Crippen LogP contribution in [0.4, 0.5) is 5.69 Å². The summed E-state index contributed by atoms with van der Waals surface area (Å²) in [6.45, 7) is 6.32. The first kappa shape index (κ1) is 17.0. The van der Waals surface area contributed by atoms with Crippen LogP contribution in [0.25, 0.3) is 0 Å². The van der Waals surface area contributed by atoms with Gasteiger partial charge in [0.15, 0.2) is 0 Å². The Labute approximate surface area is 148 Å². The third kappa shape index (κ3) is 4.82. The number of para-hydroxylation sites is 1. The second kappa shape index (κ2) is 8.85. The molecule has 5 heteroatoms. The summed E-state index contributed by atoms with van der Waals surface area (Å²) in [5.74, 6) is 0.0569. The first-order chi connectivity index (χ1) is 11.8. The third-order valence-electron chi connectivity index (χ3n) is 4.43. The van der Waals surface area contributed by atoms with E-state index in [1.807, 2.05) is 17.5 Å². The number of amides is 1. The van der Waals surface area contributed by atoms with E-state index in [1.54, 1.807) is 0 Å². The number of hydrogen-bond donors (Lipinski definition) is 1. The lowest BCUT2D eigenvalue weighted by Crippen LogP contribution is -2.46. The molecule has 1 aromatic heterocycles. The van der Waals surface area contributed by atoms with Crippen LogP contribution in [0.3, 0.4) is 0 Å². The summed E-state index contributed by atoms with van der Waals surface area (Å²) in [5, 5.41) is 4.93. The highest BCUT2D eigenvalue weighted by Crippen LogP contribution is 2.15. The van der Waals surface area contributed by atoms with E-state index >= 15 is 0 Å². The Balaban J connectivity index is 1.28. The molecule has 0 bridgehead atoms. The molecule has 1 saturated heterocycles. The lowest BCUT2D eigenvalue weighted by atomic mass is 10.2. The van der Waals surface area contributed by atoms with Crippen molar-refractivity contribution in [1.29, 1.82) is 0 Å². The highest BCUT2D eigenvalue weighted by Gasteiger charge is 2.16. The van der Waals surface area contributed by atoms with Gasteiger partial charge >= 0.3 is 0 Å². The maximum absolute atomic E-state index is 11.8. The van der Waals surface area contributed by atoms with Crippen molar-refractivity contribution in [3.63, 3.8) is 0 Å². The van der Waals surface area contributed by atoms with Crippen LogP contribution < -0.4 is 10.2 Å². The van der Waals surface area contributed by atoms with E-state index in [0.29, 0.717) is 0 Å². The van der Waals surface area contributed by atoms with Crippen LogP contribution in [0, 0.1) is 0 Å². The Morgan fingerprint density at radius 1 is 1.00 bits per heavy atom. The van der Waals surface area contributed by atoms with E-state index in [9.17, 15) is 4.79 Å². The summed E-state index contributed by atoms with van der Waals surface area (Å²) in [5.41, 5.74) is 1.33. The minimum Gasteiger partial charge on any atom is -0.369 e. The molecule has 1 N–H and O–H groups in total. The number of anilines is 1. The highest BCUT2D eigenvalue weighted by atomic mass is 32.1. The van der Waals surface area contributed by atoms with Crippen molar-refractivity contribution in [1.82, 2.24) is 10.2 Å². The monoisotopic (exact) mass is 343 g/mol. The van der Waals surface area contributed by atoms with Gasteiger partial charge in [-0.2, -0.15) is 0 Å². The summed E-state index contributed by atoms with van der Waals surface area (Å²) in [6.07, 6.45) is 2.17. The molecule has 0 radical (unpaired) electrons. The van der Waals surface area contributed by atoms with Gasteiger partial charge in [0.1, 0.15) is 0 Å². The first-order valence-electron chi connectivity index (χ1n) is 8.67. The van der Waals surface area contributed by atoms with Gasteiger partial charge in [-0.1, -0.05) is 24.3 Å². The number of benzene rings is 1. The second-order valence-corrected chi connectivity index (χ2v) is 7.05. The molecule has 1 fully saturated rings. The zero-order valence-corrected chi connectivity index (χ0v) is 14.8. The normalized spacial score (nSPS) is 15.4. The number of carbonyl (C=O) groups excluding carboxylic acids is 1. The summed E-state index contributed by atoms with van der Waals surface area (Å²) in [4.78, 5) is 17.6. The minimum absolute atomic E-state index is 0.0569. The SMILES string of the molecule is O=C(NCCCCN1CCN(c2ccccc2)CC1)c1cccs1. The van der Waals surface area contributed by atoms with Crippen molar-refractivity contribution < 1.29 is 4.79 Å². The molecule has 1 aliphatic rings. The van der Waals surface area contributed by atoms with E-state index < -0.39 is 0 Å². The van der Waals surface area contributed by atoms with Crippen molar-refractivity contribution in [2.45, 2.75) is 12.8 Å². The molecule has 0 aliphatic carbocycles. The predicted octanol–water partition coefficient (Wildman–Crippen LogP) is 3.08. The fourth-order valence-electron chi connectivity index (χ4n) is 3.03. The lowest BCUT2D eigenvalue weighted by molar-refractivity contribution is 0.0956.